The van der Waals surface area contributed by atoms with E-state index >= 15 is 0 Å². The second-order valence-corrected chi connectivity index (χ2v) is 4.94. The van der Waals surface area contributed by atoms with E-state index in [1.165, 1.54) is 12.8 Å². The molecule has 0 amide bonds. The van der Waals surface area contributed by atoms with Crippen molar-refractivity contribution in [3.8, 4) is 0 Å². The number of thioether (sulfide) groups is 1. The molecule has 3 N–H and O–H groups in total. The van der Waals surface area contributed by atoms with Crippen molar-refractivity contribution in [2.75, 3.05) is 6.61 Å². The first-order valence-corrected chi connectivity index (χ1v) is 5.20. The fourth-order valence-corrected chi connectivity index (χ4v) is 2.79. The van der Waals surface area contributed by atoms with Gasteiger partial charge in [-0.15, -0.1) is 0 Å². The summed E-state index contributed by atoms with van der Waals surface area (Å²) in [7, 11) is 0. The average Bonchev–Trinajstić information content (AvgIpc) is 2.37. The Bertz CT molecular complexity index is 121. The van der Waals surface area contributed by atoms with E-state index in [2.05, 4.69) is 6.92 Å². The van der Waals surface area contributed by atoms with Crippen LogP contribution in [0.1, 0.15) is 26.2 Å². The highest BCUT2D eigenvalue weighted by Crippen LogP contribution is 2.31. The molecule has 1 fully saturated rings. The lowest BCUT2D eigenvalue weighted by Gasteiger charge is -2.17. The summed E-state index contributed by atoms with van der Waals surface area (Å²) < 4.78 is 0. The molecule has 0 aliphatic heterocycles. The monoisotopic (exact) mass is 175 g/mol. The number of hydrogen-bond donors (Lipinski definition) is 2. The maximum atomic E-state index is 8.82. The first-order chi connectivity index (χ1) is 5.24. The zero-order valence-electron chi connectivity index (χ0n) is 6.99. The Hall–Kier alpha value is 0.270. The molecule has 0 heterocycles. The Balaban J connectivity index is 2.24. The Morgan fingerprint density at radius 2 is 2.36 bits per heavy atom. The first-order valence-electron chi connectivity index (χ1n) is 4.26. The van der Waals surface area contributed by atoms with Crippen LogP contribution in [0.15, 0.2) is 0 Å². The summed E-state index contributed by atoms with van der Waals surface area (Å²) in [6.45, 7) is 2.32. The highest BCUT2D eigenvalue weighted by atomic mass is 32.2. The van der Waals surface area contributed by atoms with Gasteiger partial charge in [0.2, 0.25) is 0 Å². The first kappa shape index (κ1) is 9.36. The maximum absolute atomic E-state index is 8.82. The summed E-state index contributed by atoms with van der Waals surface area (Å²) in [4.78, 5) is 0. The van der Waals surface area contributed by atoms with Crippen LogP contribution in [-0.2, 0) is 0 Å². The summed E-state index contributed by atoms with van der Waals surface area (Å²) in [6.07, 6.45) is 3.66. The number of aliphatic hydroxyl groups is 1. The molecule has 66 valence electrons. The van der Waals surface area contributed by atoms with Gasteiger partial charge in [0, 0.05) is 16.5 Å². The Morgan fingerprint density at radius 3 is 2.82 bits per heavy atom. The van der Waals surface area contributed by atoms with Gasteiger partial charge in [-0.25, -0.2) is 0 Å². The van der Waals surface area contributed by atoms with Gasteiger partial charge in [0.1, 0.15) is 0 Å². The van der Waals surface area contributed by atoms with Crippen molar-refractivity contribution in [2.45, 2.75) is 42.7 Å². The number of aliphatic hydroxyl groups excluding tert-OH is 1. The Morgan fingerprint density at radius 1 is 1.64 bits per heavy atom. The number of nitrogens with two attached hydrogens (primary N) is 1. The zero-order valence-corrected chi connectivity index (χ0v) is 7.81. The van der Waals surface area contributed by atoms with Crippen LogP contribution in [0.3, 0.4) is 0 Å². The molecule has 0 aromatic carbocycles. The lowest BCUT2D eigenvalue weighted by Crippen LogP contribution is -2.28. The molecule has 0 radical (unpaired) electrons. The van der Waals surface area contributed by atoms with E-state index in [0.717, 1.165) is 6.42 Å². The number of rotatable bonds is 3. The fraction of sp³-hybridized carbons (Fsp3) is 1.00. The van der Waals surface area contributed by atoms with Crippen molar-refractivity contribution in [3.63, 3.8) is 0 Å². The van der Waals surface area contributed by atoms with Crippen LogP contribution < -0.4 is 5.73 Å². The third-order valence-corrected chi connectivity index (χ3v) is 3.72. The van der Waals surface area contributed by atoms with Gasteiger partial charge in [0.05, 0.1) is 6.61 Å². The summed E-state index contributed by atoms with van der Waals surface area (Å²) in [5.41, 5.74) is 5.88. The minimum absolute atomic E-state index is 0.272. The molecule has 0 aromatic rings. The SMILES string of the molecule is CC(CO)SC1CCCC1N. The summed E-state index contributed by atoms with van der Waals surface area (Å²) in [6, 6.07) is 0.369. The lowest BCUT2D eigenvalue weighted by atomic mass is 10.3. The molecule has 2 nitrogen and oxygen atoms in total. The number of hydrogen-bond acceptors (Lipinski definition) is 3. The molecule has 3 atom stereocenters. The van der Waals surface area contributed by atoms with Crippen molar-refractivity contribution in [2.24, 2.45) is 5.73 Å². The topological polar surface area (TPSA) is 46.2 Å². The molecule has 1 rings (SSSR count). The smallest absolute Gasteiger partial charge is 0.0547 e. The van der Waals surface area contributed by atoms with Gasteiger partial charge in [-0.05, 0) is 12.8 Å². The van der Waals surface area contributed by atoms with Crippen LogP contribution in [0.2, 0.25) is 0 Å². The second-order valence-electron chi connectivity index (χ2n) is 3.26. The predicted molar refractivity (Wildman–Crippen MR) is 49.8 cm³/mol. The third-order valence-electron chi connectivity index (χ3n) is 2.17. The van der Waals surface area contributed by atoms with Crippen molar-refractivity contribution in [1.82, 2.24) is 0 Å². The standard InChI is InChI=1S/C8H17NOS/c1-6(5-10)11-8-4-2-3-7(8)9/h6-8,10H,2-5,9H2,1H3. The zero-order chi connectivity index (χ0) is 8.27. The molecule has 1 aliphatic carbocycles. The quantitative estimate of drug-likeness (QED) is 0.672. The van der Waals surface area contributed by atoms with Crippen LogP contribution >= 0.6 is 11.8 Å². The maximum Gasteiger partial charge on any atom is 0.0547 e. The van der Waals surface area contributed by atoms with Gasteiger partial charge in [0.15, 0.2) is 0 Å². The van der Waals surface area contributed by atoms with E-state index in [1.54, 1.807) is 0 Å². The van der Waals surface area contributed by atoms with Gasteiger partial charge in [-0.3, -0.25) is 0 Å². The van der Waals surface area contributed by atoms with Crippen molar-refractivity contribution >= 4 is 11.8 Å². The molecule has 3 unspecified atom stereocenters. The van der Waals surface area contributed by atoms with Crippen molar-refractivity contribution < 1.29 is 5.11 Å². The van der Waals surface area contributed by atoms with Crippen LogP contribution in [0.4, 0.5) is 0 Å². The molecule has 3 heteroatoms. The molecule has 0 saturated heterocycles. The van der Waals surface area contributed by atoms with Crippen LogP contribution in [-0.4, -0.2) is 28.3 Å². The summed E-state index contributed by atoms with van der Waals surface area (Å²) in [5, 5.41) is 9.77. The van der Waals surface area contributed by atoms with E-state index < -0.39 is 0 Å². The molecule has 0 bridgehead atoms. The van der Waals surface area contributed by atoms with Gasteiger partial charge >= 0.3 is 0 Å². The van der Waals surface area contributed by atoms with Crippen LogP contribution in [0.25, 0.3) is 0 Å². The van der Waals surface area contributed by atoms with Crippen LogP contribution in [0, 0.1) is 0 Å². The van der Waals surface area contributed by atoms with Gasteiger partial charge in [0.25, 0.3) is 0 Å². The minimum Gasteiger partial charge on any atom is -0.395 e. The van der Waals surface area contributed by atoms with Crippen molar-refractivity contribution in [3.05, 3.63) is 0 Å². The largest absolute Gasteiger partial charge is 0.395 e. The van der Waals surface area contributed by atoms with E-state index in [0.29, 0.717) is 16.5 Å². The summed E-state index contributed by atoms with van der Waals surface area (Å²) in [5.74, 6) is 0. The third kappa shape index (κ3) is 2.65. The summed E-state index contributed by atoms with van der Waals surface area (Å²) >= 11 is 1.84. The molecular formula is C8H17NOS. The van der Waals surface area contributed by atoms with E-state index in [1.807, 2.05) is 11.8 Å². The fourth-order valence-electron chi connectivity index (χ4n) is 1.47. The Labute approximate surface area is 72.5 Å². The highest BCUT2D eigenvalue weighted by molar-refractivity contribution is 8.00. The van der Waals surface area contributed by atoms with Gasteiger partial charge in [-0.1, -0.05) is 13.3 Å². The van der Waals surface area contributed by atoms with E-state index in [4.69, 9.17) is 10.8 Å². The van der Waals surface area contributed by atoms with Crippen molar-refractivity contribution in [1.29, 1.82) is 0 Å². The van der Waals surface area contributed by atoms with E-state index in [-0.39, 0.29) is 6.61 Å². The molecule has 1 aliphatic rings. The minimum atomic E-state index is 0.272. The average molecular weight is 175 g/mol. The molecule has 1 saturated carbocycles. The molecule has 11 heavy (non-hydrogen) atoms. The molecule has 0 spiro atoms. The molecular weight excluding hydrogens is 158 g/mol. The lowest BCUT2D eigenvalue weighted by molar-refractivity contribution is 0.299. The normalized spacial score (nSPS) is 34.1. The van der Waals surface area contributed by atoms with E-state index in [9.17, 15) is 0 Å². The van der Waals surface area contributed by atoms with Crippen LogP contribution in [0.5, 0.6) is 0 Å². The highest BCUT2D eigenvalue weighted by Gasteiger charge is 2.25. The predicted octanol–water partition coefficient (Wildman–Crippen LogP) is 0.980. The second kappa shape index (κ2) is 4.33. The van der Waals surface area contributed by atoms with Gasteiger partial charge < -0.3 is 10.8 Å². The van der Waals surface area contributed by atoms with Gasteiger partial charge in [-0.2, -0.15) is 11.8 Å². The molecule has 0 aromatic heterocycles. The Kier molecular flexibility index (Phi) is 3.69.